The number of hydrogen-bond donors (Lipinski definition) is 0. The summed E-state index contributed by atoms with van der Waals surface area (Å²) < 4.78 is 7.39. The van der Waals surface area contributed by atoms with E-state index in [0.717, 1.165) is 34.8 Å². The second-order valence-electron chi connectivity index (χ2n) is 8.18. The molecule has 1 fully saturated rings. The molecule has 5 rings (SSSR count). The zero-order valence-electron chi connectivity index (χ0n) is 17.9. The first-order valence-electron chi connectivity index (χ1n) is 10.6. The van der Waals surface area contributed by atoms with Gasteiger partial charge in [0.15, 0.2) is 5.69 Å². The molecular weight excluding hydrogens is 408 g/mol. The molecule has 160 valence electrons. The second kappa shape index (κ2) is 8.49. The van der Waals surface area contributed by atoms with Crippen LogP contribution >= 0.6 is 11.8 Å². The number of nitrogens with zero attached hydrogens (tertiary/aromatic N) is 4. The number of amides is 1. The van der Waals surface area contributed by atoms with Gasteiger partial charge in [-0.15, -0.1) is 11.8 Å². The van der Waals surface area contributed by atoms with E-state index in [-0.39, 0.29) is 5.91 Å². The van der Waals surface area contributed by atoms with E-state index in [9.17, 15) is 4.79 Å². The van der Waals surface area contributed by atoms with Crippen LogP contribution in [0.25, 0.3) is 16.9 Å². The number of carbonyl (C=O) groups is 1. The van der Waals surface area contributed by atoms with Crippen LogP contribution in [0.4, 0.5) is 0 Å². The molecule has 7 heteroatoms. The molecule has 2 aliphatic rings. The number of hydrogen-bond acceptors (Lipinski definition) is 5. The zero-order valence-corrected chi connectivity index (χ0v) is 18.7. The highest BCUT2D eigenvalue weighted by Gasteiger charge is 2.31. The van der Waals surface area contributed by atoms with Crippen molar-refractivity contribution in [3.63, 3.8) is 0 Å². The highest BCUT2D eigenvalue weighted by atomic mass is 32.2. The molecular formula is C24H26N4O2S. The fourth-order valence-electron chi connectivity index (χ4n) is 4.18. The van der Waals surface area contributed by atoms with Gasteiger partial charge in [-0.3, -0.25) is 4.79 Å². The summed E-state index contributed by atoms with van der Waals surface area (Å²) in [5.74, 6) is 0.749. The number of morpholine rings is 1. The van der Waals surface area contributed by atoms with Gasteiger partial charge in [-0.1, -0.05) is 30.3 Å². The lowest BCUT2D eigenvalue weighted by atomic mass is 10.0. The Morgan fingerprint density at radius 3 is 2.58 bits per heavy atom. The van der Waals surface area contributed by atoms with E-state index >= 15 is 0 Å². The smallest absolute Gasteiger partial charge is 0.274 e. The maximum atomic E-state index is 13.4. The molecule has 0 N–H and O–H groups in total. The van der Waals surface area contributed by atoms with Crippen molar-refractivity contribution in [2.75, 3.05) is 40.4 Å². The molecule has 31 heavy (non-hydrogen) atoms. The lowest BCUT2D eigenvalue weighted by molar-refractivity contribution is 0.0298. The number of carbonyl (C=O) groups excluding carboxylic acids is 1. The van der Waals surface area contributed by atoms with Crippen molar-refractivity contribution < 1.29 is 9.53 Å². The van der Waals surface area contributed by atoms with E-state index in [1.54, 1.807) is 11.8 Å². The van der Waals surface area contributed by atoms with E-state index in [1.165, 1.54) is 10.5 Å². The summed E-state index contributed by atoms with van der Waals surface area (Å²) in [6.07, 6.45) is 0. The van der Waals surface area contributed by atoms with Crippen molar-refractivity contribution in [3.8, 4) is 16.9 Å². The normalized spacial score (nSPS) is 15.6. The van der Waals surface area contributed by atoms with Crippen LogP contribution < -0.4 is 0 Å². The number of thioether (sulfide) groups is 1. The third kappa shape index (κ3) is 3.89. The van der Waals surface area contributed by atoms with Gasteiger partial charge in [0.05, 0.1) is 24.6 Å². The minimum atomic E-state index is 0.00232. The summed E-state index contributed by atoms with van der Waals surface area (Å²) in [6.45, 7) is 3.28. The van der Waals surface area contributed by atoms with E-state index in [2.05, 4.69) is 67.5 Å². The molecule has 3 aromatic rings. The molecule has 0 atom stereocenters. The Labute approximate surface area is 186 Å². The summed E-state index contributed by atoms with van der Waals surface area (Å²) >= 11 is 1.77. The van der Waals surface area contributed by atoms with Crippen molar-refractivity contribution in [3.05, 3.63) is 65.4 Å². The van der Waals surface area contributed by atoms with E-state index in [0.29, 0.717) is 32.0 Å². The summed E-state index contributed by atoms with van der Waals surface area (Å²) in [6, 6.07) is 16.8. The predicted molar refractivity (Wildman–Crippen MR) is 123 cm³/mol. The molecule has 1 aromatic heterocycles. The van der Waals surface area contributed by atoms with Crippen molar-refractivity contribution >= 4 is 17.7 Å². The molecule has 0 spiro atoms. The monoisotopic (exact) mass is 434 g/mol. The molecule has 2 aliphatic heterocycles. The van der Waals surface area contributed by atoms with Gasteiger partial charge < -0.3 is 14.5 Å². The average molecular weight is 435 g/mol. The van der Waals surface area contributed by atoms with E-state index < -0.39 is 0 Å². The lowest BCUT2D eigenvalue weighted by Gasteiger charge is -2.26. The van der Waals surface area contributed by atoms with Crippen molar-refractivity contribution in [1.82, 2.24) is 19.6 Å². The van der Waals surface area contributed by atoms with Crippen LogP contribution in [-0.4, -0.2) is 65.9 Å². The molecule has 0 aliphatic carbocycles. The Bertz CT molecular complexity index is 1100. The van der Waals surface area contributed by atoms with Crippen LogP contribution in [0.5, 0.6) is 0 Å². The SMILES string of the molecule is CN(C)Cc1ccc(-n2nc(C(=O)N3CCOCC3)c3c2-c2ccccc2SC3)cc1. The molecule has 0 bridgehead atoms. The van der Waals surface area contributed by atoms with Gasteiger partial charge in [0.2, 0.25) is 0 Å². The van der Waals surface area contributed by atoms with Gasteiger partial charge >= 0.3 is 0 Å². The van der Waals surface area contributed by atoms with Gasteiger partial charge in [-0.05, 0) is 37.9 Å². The molecule has 6 nitrogen and oxygen atoms in total. The largest absolute Gasteiger partial charge is 0.378 e. The third-order valence-electron chi connectivity index (χ3n) is 5.68. The molecule has 1 saturated heterocycles. The quantitative estimate of drug-likeness (QED) is 0.627. The minimum absolute atomic E-state index is 0.00232. The average Bonchev–Trinajstić information content (AvgIpc) is 3.19. The van der Waals surface area contributed by atoms with Crippen LogP contribution in [0.1, 0.15) is 21.6 Å². The highest BCUT2D eigenvalue weighted by molar-refractivity contribution is 7.98. The molecule has 1 amide bonds. The summed E-state index contributed by atoms with van der Waals surface area (Å²) in [4.78, 5) is 18.6. The molecule has 0 unspecified atom stereocenters. The molecule has 2 aromatic carbocycles. The van der Waals surface area contributed by atoms with Crippen LogP contribution in [-0.2, 0) is 17.0 Å². The van der Waals surface area contributed by atoms with Crippen molar-refractivity contribution in [1.29, 1.82) is 0 Å². The highest BCUT2D eigenvalue weighted by Crippen LogP contribution is 2.43. The zero-order chi connectivity index (χ0) is 21.4. The van der Waals surface area contributed by atoms with E-state index in [4.69, 9.17) is 9.84 Å². The first-order chi connectivity index (χ1) is 15.1. The number of aromatic nitrogens is 2. The number of rotatable bonds is 4. The van der Waals surface area contributed by atoms with Crippen LogP contribution in [0.3, 0.4) is 0 Å². The van der Waals surface area contributed by atoms with E-state index in [1.807, 2.05) is 9.58 Å². The molecule has 0 saturated carbocycles. The number of ether oxygens (including phenoxy) is 1. The Balaban J connectivity index is 1.61. The van der Waals surface area contributed by atoms with Crippen LogP contribution in [0.15, 0.2) is 53.4 Å². The Kier molecular flexibility index (Phi) is 5.56. The first-order valence-corrected chi connectivity index (χ1v) is 11.6. The van der Waals surface area contributed by atoms with Gasteiger partial charge in [0.1, 0.15) is 0 Å². The minimum Gasteiger partial charge on any atom is -0.378 e. The number of fused-ring (bicyclic) bond motifs is 3. The fraction of sp³-hybridized carbons (Fsp3) is 0.333. The predicted octanol–water partition coefficient (Wildman–Crippen LogP) is 3.68. The van der Waals surface area contributed by atoms with Gasteiger partial charge in [0, 0.05) is 41.4 Å². The second-order valence-corrected chi connectivity index (χ2v) is 9.20. The summed E-state index contributed by atoms with van der Waals surface area (Å²) in [5.41, 5.74) is 5.98. The Morgan fingerprint density at radius 1 is 1.10 bits per heavy atom. The fourth-order valence-corrected chi connectivity index (χ4v) is 5.25. The Morgan fingerprint density at radius 2 is 1.84 bits per heavy atom. The van der Waals surface area contributed by atoms with Gasteiger partial charge in [-0.2, -0.15) is 5.10 Å². The third-order valence-corrected chi connectivity index (χ3v) is 6.78. The lowest BCUT2D eigenvalue weighted by Crippen LogP contribution is -2.41. The number of benzene rings is 2. The maximum Gasteiger partial charge on any atom is 0.274 e. The molecule has 3 heterocycles. The summed E-state index contributed by atoms with van der Waals surface area (Å²) in [7, 11) is 4.13. The van der Waals surface area contributed by atoms with Gasteiger partial charge in [0.25, 0.3) is 5.91 Å². The first kappa shape index (κ1) is 20.3. The van der Waals surface area contributed by atoms with Crippen molar-refractivity contribution in [2.45, 2.75) is 17.2 Å². The maximum absolute atomic E-state index is 13.4. The standard InChI is InChI=1S/C24H26N4O2S/c1-26(2)15-17-7-9-18(10-8-17)28-23-19-5-3-4-6-21(19)31-16-20(23)22(25-28)24(29)27-11-13-30-14-12-27/h3-10H,11-16H2,1-2H3. The molecule has 0 radical (unpaired) electrons. The topological polar surface area (TPSA) is 50.6 Å². The van der Waals surface area contributed by atoms with Crippen LogP contribution in [0.2, 0.25) is 0 Å². The van der Waals surface area contributed by atoms with Crippen molar-refractivity contribution in [2.24, 2.45) is 0 Å². The summed E-state index contributed by atoms with van der Waals surface area (Å²) in [5, 5.41) is 4.89. The van der Waals surface area contributed by atoms with Gasteiger partial charge in [-0.25, -0.2) is 4.68 Å². The Hall–Kier alpha value is -2.61. The van der Waals surface area contributed by atoms with Crippen LogP contribution in [0, 0.1) is 0 Å².